The van der Waals surface area contributed by atoms with Gasteiger partial charge in [0.05, 0.1) is 0 Å². The highest BCUT2D eigenvalue weighted by Crippen LogP contribution is 2.21. The number of nitrogens with zero attached hydrogens (tertiary/aromatic N) is 3. The highest BCUT2D eigenvalue weighted by molar-refractivity contribution is 5.42. The van der Waals surface area contributed by atoms with E-state index in [2.05, 4.69) is 49.8 Å². The number of anilines is 1. The lowest BCUT2D eigenvalue weighted by atomic mass is 10.0. The Morgan fingerprint density at radius 3 is 2.29 bits per heavy atom. The Kier molecular flexibility index (Phi) is 3.67. The van der Waals surface area contributed by atoms with Crippen molar-refractivity contribution >= 4 is 5.82 Å². The molecule has 0 spiro atoms. The maximum atomic E-state index is 4.75. The Morgan fingerprint density at radius 1 is 1.12 bits per heavy atom. The van der Waals surface area contributed by atoms with Crippen LogP contribution in [0, 0.1) is 6.92 Å². The normalized spacial score (nSPS) is 17.8. The van der Waals surface area contributed by atoms with Crippen LogP contribution in [0.15, 0.2) is 12.1 Å². The lowest BCUT2D eigenvalue weighted by molar-refractivity contribution is 0.312. The summed E-state index contributed by atoms with van der Waals surface area (Å²) in [6.07, 6.45) is 0. The van der Waals surface area contributed by atoms with Crippen LogP contribution in [0.5, 0.6) is 0 Å². The first-order valence-corrected chi connectivity index (χ1v) is 6.49. The van der Waals surface area contributed by atoms with Gasteiger partial charge in [-0.15, -0.1) is 0 Å². The van der Waals surface area contributed by atoms with E-state index in [-0.39, 0.29) is 0 Å². The third kappa shape index (κ3) is 2.78. The number of piperazine rings is 1. The molecule has 2 heterocycles. The van der Waals surface area contributed by atoms with Gasteiger partial charge < -0.3 is 9.80 Å². The highest BCUT2D eigenvalue weighted by Gasteiger charge is 2.16. The predicted octanol–water partition coefficient (Wildman–Crippen LogP) is 2.27. The van der Waals surface area contributed by atoms with Crippen LogP contribution in [0.4, 0.5) is 5.82 Å². The minimum absolute atomic E-state index is 0.559. The summed E-state index contributed by atoms with van der Waals surface area (Å²) in [6, 6.07) is 4.41. The SMILES string of the molecule is Cc1nc(N2CCN(C)CC2)ccc1C(C)C. The van der Waals surface area contributed by atoms with E-state index in [4.69, 9.17) is 4.98 Å². The largest absolute Gasteiger partial charge is 0.354 e. The summed E-state index contributed by atoms with van der Waals surface area (Å²) in [5.74, 6) is 1.70. The number of aromatic nitrogens is 1. The highest BCUT2D eigenvalue weighted by atomic mass is 15.3. The van der Waals surface area contributed by atoms with E-state index in [1.807, 2.05) is 0 Å². The van der Waals surface area contributed by atoms with Crippen molar-refractivity contribution in [1.29, 1.82) is 0 Å². The summed E-state index contributed by atoms with van der Waals surface area (Å²) in [4.78, 5) is 9.50. The third-order valence-electron chi connectivity index (χ3n) is 3.56. The summed E-state index contributed by atoms with van der Waals surface area (Å²) in [5, 5.41) is 0. The molecular weight excluding hydrogens is 210 g/mol. The molecule has 1 saturated heterocycles. The van der Waals surface area contributed by atoms with Gasteiger partial charge in [-0.05, 0) is 31.5 Å². The van der Waals surface area contributed by atoms with Crippen LogP contribution < -0.4 is 4.90 Å². The van der Waals surface area contributed by atoms with Gasteiger partial charge in [0.25, 0.3) is 0 Å². The first-order chi connectivity index (χ1) is 8.08. The number of hydrogen-bond donors (Lipinski definition) is 0. The lowest BCUT2D eigenvalue weighted by Crippen LogP contribution is -2.44. The van der Waals surface area contributed by atoms with Gasteiger partial charge in [-0.25, -0.2) is 4.98 Å². The van der Waals surface area contributed by atoms with Crippen molar-refractivity contribution in [2.45, 2.75) is 26.7 Å². The molecule has 1 fully saturated rings. The van der Waals surface area contributed by atoms with E-state index >= 15 is 0 Å². The van der Waals surface area contributed by atoms with E-state index in [1.54, 1.807) is 0 Å². The Balaban J connectivity index is 2.14. The van der Waals surface area contributed by atoms with Gasteiger partial charge in [-0.1, -0.05) is 19.9 Å². The van der Waals surface area contributed by atoms with Crippen LogP contribution in [0.3, 0.4) is 0 Å². The van der Waals surface area contributed by atoms with Crippen LogP contribution in [-0.4, -0.2) is 43.1 Å². The van der Waals surface area contributed by atoms with Crippen molar-refractivity contribution in [2.75, 3.05) is 38.1 Å². The zero-order valence-corrected chi connectivity index (χ0v) is 11.4. The molecular formula is C14H23N3. The van der Waals surface area contributed by atoms with Gasteiger partial charge in [0.1, 0.15) is 5.82 Å². The second kappa shape index (κ2) is 5.05. The van der Waals surface area contributed by atoms with Crippen molar-refractivity contribution in [3.05, 3.63) is 23.4 Å². The summed E-state index contributed by atoms with van der Waals surface area (Å²) in [6.45, 7) is 11.0. The van der Waals surface area contributed by atoms with E-state index in [9.17, 15) is 0 Å². The number of likely N-dealkylation sites (N-methyl/N-ethyl adjacent to an activating group) is 1. The quantitative estimate of drug-likeness (QED) is 0.781. The van der Waals surface area contributed by atoms with Gasteiger partial charge >= 0.3 is 0 Å². The van der Waals surface area contributed by atoms with Crippen LogP contribution in [0.2, 0.25) is 0 Å². The third-order valence-corrected chi connectivity index (χ3v) is 3.56. The average Bonchev–Trinajstić information content (AvgIpc) is 2.29. The fourth-order valence-electron chi connectivity index (χ4n) is 2.38. The molecule has 1 aromatic rings. The standard InChI is InChI=1S/C14H23N3/c1-11(2)13-5-6-14(15-12(13)3)17-9-7-16(4)8-10-17/h5-6,11H,7-10H2,1-4H3. The summed E-state index contributed by atoms with van der Waals surface area (Å²) in [7, 11) is 2.18. The molecule has 1 aliphatic heterocycles. The summed E-state index contributed by atoms with van der Waals surface area (Å²) < 4.78 is 0. The average molecular weight is 233 g/mol. The molecule has 0 N–H and O–H groups in total. The zero-order valence-electron chi connectivity index (χ0n) is 11.4. The Hall–Kier alpha value is -1.09. The molecule has 0 aliphatic carbocycles. The summed E-state index contributed by atoms with van der Waals surface area (Å²) >= 11 is 0. The minimum atomic E-state index is 0.559. The van der Waals surface area contributed by atoms with Crippen molar-refractivity contribution in [2.24, 2.45) is 0 Å². The zero-order chi connectivity index (χ0) is 12.4. The number of aryl methyl sites for hydroxylation is 1. The minimum Gasteiger partial charge on any atom is -0.354 e. The molecule has 17 heavy (non-hydrogen) atoms. The molecule has 0 atom stereocenters. The van der Waals surface area contributed by atoms with Crippen molar-refractivity contribution < 1.29 is 0 Å². The molecule has 0 aromatic carbocycles. The van der Waals surface area contributed by atoms with Crippen LogP contribution >= 0.6 is 0 Å². The molecule has 0 saturated carbocycles. The molecule has 3 nitrogen and oxygen atoms in total. The van der Waals surface area contributed by atoms with Gasteiger partial charge in [0.15, 0.2) is 0 Å². The molecule has 3 heteroatoms. The van der Waals surface area contributed by atoms with E-state index in [1.165, 1.54) is 11.3 Å². The molecule has 0 bridgehead atoms. The maximum Gasteiger partial charge on any atom is 0.128 e. The number of rotatable bonds is 2. The topological polar surface area (TPSA) is 19.4 Å². The molecule has 1 aromatic heterocycles. The van der Waals surface area contributed by atoms with E-state index < -0.39 is 0 Å². The molecule has 0 unspecified atom stereocenters. The fraction of sp³-hybridized carbons (Fsp3) is 0.643. The lowest BCUT2D eigenvalue weighted by Gasteiger charge is -2.33. The van der Waals surface area contributed by atoms with Crippen LogP contribution in [-0.2, 0) is 0 Å². The molecule has 0 amide bonds. The van der Waals surface area contributed by atoms with Gasteiger partial charge in [-0.3, -0.25) is 0 Å². The Labute approximate surface area is 104 Å². The van der Waals surface area contributed by atoms with Crippen molar-refractivity contribution in [3.8, 4) is 0 Å². The molecule has 94 valence electrons. The fourth-order valence-corrected chi connectivity index (χ4v) is 2.38. The molecule has 1 aliphatic rings. The second-order valence-corrected chi connectivity index (χ2v) is 5.29. The Morgan fingerprint density at radius 2 is 1.76 bits per heavy atom. The smallest absolute Gasteiger partial charge is 0.128 e. The van der Waals surface area contributed by atoms with Gasteiger partial charge in [0, 0.05) is 31.9 Å². The number of hydrogen-bond acceptors (Lipinski definition) is 3. The second-order valence-electron chi connectivity index (χ2n) is 5.29. The summed E-state index contributed by atoms with van der Waals surface area (Å²) in [5.41, 5.74) is 2.54. The molecule has 0 radical (unpaired) electrons. The first-order valence-electron chi connectivity index (χ1n) is 6.49. The first kappa shape index (κ1) is 12.4. The number of pyridine rings is 1. The van der Waals surface area contributed by atoms with Crippen LogP contribution in [0.1, 0.15) is 31.0 Å². The molecule has 2 rings (SSSR count). The van der Waals surface area contributed by atoms with E-state index in [0.29, 0.717) is 5.92 Å². The van der Waals surface area contributed by atoms with Crippen LogP contribution in [0.25, 0.3) is 0 Å². The monoisotopic (exact) mass is 233 g/mol. The van der Waals surface area contributed by atoms with Crippen molar-refractivity contribution in [3.63, 3.8) is 0 Å². The predicted molar refractivity (Wildman–Crippen MR) is 72.8 cm³/mol. The van der Waals surface area contributed by atoms with E-state index in [0.717, 1.165) is 32.0 Å². The van der Waals surface area contributed by atoms with Gasteiger partial charge in [-0.2, -0.15) is 0 Å². The van der Waals surface area contributed by atoms with Gasteiger partial charge in [0.2, 0.25) is 0 Å². The Bertz CT molecular complexity index is 379. The maximum absolute atomic E-state index is 4.75. The van der Waals surface area contributed by atoms with Crippen molar-refractivity contribution in [1.82, 2.24) is 9.88 Å².